The van der Waals surface area contributed by atoms with E-state index in [9.17, 15) is 14.4 Å². The average Bonchev–Trinajstić information content (AvgIpc) is 3.17. The first-order chi connectivity index (χ1) is 20.5. The predicted octanol–water partition coefficient (Wildman–Crippen LogP) is 10.4. The summed E-state index contributed by atoms with van der Waals surface area (Å²) in [6.45, 7) is 4.43. The fourth-order valence-corrected chi connectivity index (χ4v) is 5.24. The van der Waals surface area contributed by atoms with Gasteiger partial charge in [0.05, 0.1) is 5.69 Å². The molecule has 0 aliphatic rings. The van der Waals surface area contributed by atoms with Crippen LogP contribution in [0.5, 0.6) is 0 Å². The van der Waals surface area contributed by atoms with Crippen LogP contribution in [-0.4, -0.2) is 11.8 Å². The maximum Gasteiger partial charge on any atom is 0.224 e. The highest BCUT2D eigenvalue weighted by Gasteiger charge is 2.07. The van der Waals surface area contributed by atoms with Crippen LogP contribution in [-0.2, 0) is 9.59 Å². The summed E-state index contributed by atoms with van der Waals surface area (Å²) in [7, 11) is 0. The van der Waals surface area contributed by atoms with Gasteiger partial charge in [0.25, 0.3) is 0 Å². The summed E-state index contributed by atoms with van der Waals surface area (Å²) in [5.74, 6) is -0.0612. The minimum atomic E-state index is -0.211. The van der Waals surface area contributed by atoms with Gasteiger partial charge in [-0.25, -0.2) is 0 Å². The van der Waals surface area contributed by atoms with E-state index in [1.165, 1.54) is 89.5 Å². The molecule has 5 heteroatoms. The number of hydrogen-bond donors (Lipinski definition) is 2. The largest absolute Gasteiger partial charge is 0.326 e. The van der Waals surface area contributed by atoms with E-state index in [0.29, 0.717) is 18.5 Å². The number of unbranched alkanes of at least 4 members (excludes halogenated alkanes) is 16. The molecule has 0 saturated carbocycles. The van der Waals surface area contributed by atoms with Gasteiger partial charge >= 0.3 is 0 Å². The molecular formula is C37H56N2O3. The van der Waals surface area contributed by atoms with E-state index in [4.69, 9.17) is 0 Å². The van der Waals surface area contributed by atoms with Gasteiger partial charge in [0.15, 0.2) is 0 Å². The average molecular weight is 577 g/mol. The van der Waals surface area contributed by atoms with E-state index in [1.807, 2.05) is 30.3 Å². The fourth-order valence-electron chi connectivity index (χ4n) is 5.24. The number of amides is 2. The monoisotopic (exact) mass is 576 g/mol. The second-order valence-corrected chi connectivity index (χ2v) is 11.7. The van der Waals surface area contributed by atoms with Crippen LogP contribution >= 0.6 is 0 Å². The van der Waals surface area contributed by atoms with Gasteiger partial charge in [0.2, 0.25) is 17.2 Å². The standard InChI is InChI=1S/C37H56N2O3/c1-3-5-7-9-10-11-12-13-14-15-16-18-20-21-36(41)38-33-27-23-31(24-28-33)32-25-29-34(35(40)30-26-32)39-37(42)22-19-17-8-6-4-2/h23-30H,3-22H2,1-2H3,(H,38,41)(H,39,40,42). The maximum atomic E-state index is 12.5. The van der Waals surface area contributed by atoms with Crippen molar-refractivity contribution < 1.29 is 9.59 Å². The summed E-state index contributed by atoms with van der Waals surface area (Å²) < 4.78 is 0. The van der Waals surface area contributed by atoms with E-state index >= 15 is 0 Å². The van der Waals surface area contributed by atoms with Gasteiger partial charge < -0.3 is 10.6 Å². The number of anilines is 2. The Bertz CT molecular complexity index is 1080. The fraction of sp³-hybridized carbons (Fsp3) is 0.595. The van der Waals surface area contributed by atoms with Gasteiger partial charge in [-0.2, -0.15) is 0 Å². The van der Waals surface area contributed by atoms with Crippen LogP contribution in [0.2, 0.25) is 0 Å². The molecule has 42 heavy (non-hydrogen) atoms. The minimum absolute atomic E-state index is 0.0543. The first kappa shape index (κ1) is 35.2. The molecule has 0 fully saturated rings. The third-order valence-electron chi connectivity index (χ3n) is 7.90. The van der Waals surface area contributed by atoms with E-state index in [2.05, 4.69) is 24.5 Å². The molecule has 0 saturated heterocycles. The second kappa shape index (κ2) is 22.6. The van der Waals surface area contributed by atoms with Crippen molar-refractivity contribution >= 4 is 23.2 Å². The van der Waals surface area contributed by atoms with Crippen LogP contribution in [0.4, 0.5) is 11.4 Å². The summed E-state index contributed by atoms with van der Waals surface area (Å²) in [5, 5.41) is 5.78. The molecule has 0 aromatic heterocycles. The van der Waals surface area contributed by atoms with Crippen molar-refractivity contribution in [2.24, 2.45) is 0 Å². The van der Waals surface area contributed by atoms with Crippen LogP contribution in [0.3, 0.4) is 0 Å². The molecule has 2 aromatic carbocycles. The van der Waals surface area contributed by atoms with Gasteiger partial charge in [-0.1, -0.05) is 141 Å². The molecule has 5 nitrogen and oxygen atoms in total. The second-order valence-electron chi connectivity index (χ2n) is 11.7. The van der Waals surface area contributed by atoms with Crippen molar-refractivity contribution in [2.75, 3.05) is 10.6 Å². The van der Waals surface area contributed by atoms with E-state index in [0.717, 1.165) is 48.9 Å². The summed E-state index contributed by atoms with van der Waals surface area (Å²) in [5.41, 5.74) is 2.68. The first-order valence-corrected chi connectivity index (χ1v) is 16.9. The Hall–Kier alpha value is -2.95. The molecule has 0 aliphatic carbocycles. The Kier molecular flexibility index (Phi) is 19.0. The molecule has 0 bridgehead atoms. The Morgan fingerprint density at radius 3 is 1.33 bits per heavy atom. The SMILES string of the molecule is CCCCCCCCCCCCCCCC(=O)Nc1ccc(-c2ccc(NC(=O)CCCCCCC)c(=O)cc2)cc1. The third kappa shape index (κ3) is 15.9. The lowest BCUT2D eigenvalue weighted by molar-refractivity contribution is -0.117. The number of rotatable bonds is 23. The molecule has 0 heterocycles. The van der Waals surface area contributed by atoms with Crippen molar-refractivity contribution in [3.8, 4) is 11.1 Å². The zero-order chi connectivity index (χ0) is 30.3. The Morgan fingerprint density at radius 2 is 0.857 bits per heavy atom. The molecule has 2 aromatic rings. The summed E-state index contributed by atoms with van der Waals surface area (Å²) in [6, 6.07) is 14.5. The molecule has 0 spiro atoms. The summed E-state index contributed by atoms with van der Waals surface area (Å²) in [4.78, 5) is 37.2. The molecule has 2 N–H and O–H groups in total. The van der Waals surface area contributed by atoms with Crippen molar-refractivity contribution in [1.82, 2.24) is 0 Å². The van der Waals surface area contributed by atoms with Gasteiger partial charge in [-0.15, -0.1) is 0 Å². The third-order valence-corrected chi connectivity index (χ3v) is 7.90. The Labute approximate surface area is 255 Å². The van der Waals surface area contributed by atoms with Crippen LogP contribution in [0.25, 0.3) is 11.1 Å². The topological polar surface area (TPSA) is 75.3 Å². The summed E-state index contributed by atoms with van der Waals surface area (Å²) >= 11 is 0. The molecule has 0 radical (unpaired) electrons. The molecule has 2 amide bonds. The van der Waals surface area contributed by atoms with Gasteiger partial charge in [0.1, 0.15) is 0 Å². The van der Waals surface area contributed by atoms with Gasteiger partial charge in [-0.05, 0) is 48.2 Å². The van der Waals surface area contributed by atoms with Gasteiger partial charge in [0, 0.05) is 18.5 Å². The minimum Gasteiger partial charge on any atom is -0.326 e. The van der Waals surface area contributed by atoms with E-state index < -0.39 is 0 Å². The number of hydrogen-bond acceptors (Lipinski definition) is 3. The summed E-state index contributed by atoms with van der Waals surface area (Å²) in [6.07, 6.45) is 23.2. The van der Waals surface area contributed by atoms with Crippen molar-refractivity contribution in [3.05, 3.63) is 58.8 Å². The number of carbonyl (C=O) groups is 2. The molecule has 232 valence electrons. The lowest BCUT2D eigenvalue weighted by atomic mass is 10.0. The molecule has 0 unspecified atom stereocenters. The quantitative estimate of drug-likeness (QED) is 0.129. The van der Waals surface area contributed by atoms with E-state index in [-0.39, 0.29) is 17.2 Å². The normalized spacial score (nSPS) is 10.9. The van der Waals surface area contributed by atoms with Crippen molar-refractivity contribution in [1.29, 1.82) is 0 Å². The highest BCUT2D eigenvalue weighted by Crippen LogP contribution is 2.22. The number of nitrogens with one attached hydrogen (secondary N) is 2. The molecule has 0 atom stereocenters. The highest BCUT2D eigenvalue weighted by atomic mass is 16.2. The molecule has 2 rings (SSSR count). The molecule has 0 aliphatic heterocycles. The molecular weight excluding hydrogens is 520 g/mol. The van der Waals surface area contributed by atoms with Crippen molar-refractivity contribution in [2.45, 2.75) is 142 Å². The predicted molar refractivity (Wildman–Crippen MR) is 179 cm³/mol. The zero-order valence-electron chi connectivity index (χ0n) is 26.5. The number of benzene rings is 1. The van der Waals surface area contributed by atoms with Crippen LogP contribution in [0.15, 0.2) is 53.3 Å². The lowest BCUT2D eigenvalue weighted by Gasteiger charge is -2.07. The smallest absolute Gasteiger partial charge is 0.224 e. The Morgan fingerprint density at radius 1 is 0.476 bits per heavy atom. The van der Waals surface area contributed by atoms with Crippen LogP contribution in [0.1, 0.15) is 142 Å². The maximum absolute atomic E-state index is 12.5. The highest BCUT2D eigenvalue weighted by molar-refractivity contribution is 5.91. The van der Waals surface area contributed by atoms with E-state index in [1.54, 1.807) is 12.1 Å². The van der Waals surface area contributed by atoms with Crippen LogP contribution in [0, 0.1) is 0 Å². The van der Waals surface area contributed by atoms with Crippen LogP contribution < -0.4 is 16.1 Å². The first-order valence-electron chi connectivity index (χ1n) is 16.9. The lowest BCUT2D eigenvalue weighted by Crippen LogP contribution is -2.16. The zero-order valence-corrected chi connectivity index (χ0v) is 26.5. The Balaban J connectivity index is 1.66. The number of carbonyl (C=O) groups excluding carboxylic acids is 2. The van der Waals surface area contributed by atoms with Crippen molar-refractivity contribution in [3.63, 3.8) is 0 Å². The van der Waals surface area contributed by atoms with Gasteiger partial charge in [-0.3, -0.25) is 14.4 Å².